The number of carbonyl (C=O) groups excluding carboxylic acids is 1. The molecule has 2 aromatic rings. The molecular formula is C21H24N2O3. The zero-order chi connectivity index (χ0) is 18.5. The van der Waals surface area contributed by atoms with Crippen molar-refractivity contribution in [1.29, 1.82) is 0 Å². The Balaban J connectivity index is 1.66. The summed E-state index contributed by atoms with van der Waals surface area (Å²) in [5.41, 5.74) is 3.48. The Kier molecular flexibility index (Phi) is 8.49. The van der Waals surface area contributed by atoms with Crippen molar-refractivity contribution in [3.63, 3.8) is 0 Å². The maximum atomic E-state index is 11.7. The van der Waals surface area contributed by atoms with E-state index in [-0.39, 0.29) is 12.5 Å². The van der Waals surface area contributed by atoms with Crippen LogP contribution >= 0.6 is 0 Å². The fourth-order valence-corrected chi connectivity index (χ4v) is 2.02. The molecule has 0 heterocycles. The molecule has 136 valence electrons. The number of nitrogens with zero attached hydrogens (tertiary/aromatic N) is 1. The van der Waals surface area contributed by atoms with E-state index in [4.69, 9.17) is 9.47 Å². The number of hydrogen-bond donors (Lipinski definition) is 1. The largest absolute Gasteiger partial charge is 0.494 e. The summed E-state index contributed by atoms with van der Waals surface area (Å²) in [7, 11) is 0. The molecule has 0 fully saturated rings. The van der Waals surface area contributed by atoms with Gasteiger partial charge in [0.2, 0.25) is 0 Å². The van der Waals surface area contributed by atoms with Crippen LogP contribution in [0.3, 0.4) is 0 Å². The number of unbranched alkanes of at least 4 members (excludes halogenated alkanes) is 1. The van der Waals surface area contributed by atoms with E-state index >= 15 is 0 Å². The summed E-state index contributed by atoms with van der Waals surface area (Å²) >= 11 is 0. The van der Waals surface area contributed by atoms with Crippen molar-refractivity contribution in [3.05, 3.63) is 66.2 Å². The first kappa shape index (κ1) is 19.2. The molecule has 0 unspecified atom stereocenters. The fourth-order valence-electron chi connectivity index (χ4n) is 2.02. The molecule has 1 amide bonds. The Labute approximate surface area is 154 Å². The minimum atomic E-state index is -0.322. The van der Waals surface area contributed by atoms with Crippen LogP contribution in [0, 0.1) is 0 Å². The van der Waals surface area contributed by atoms with E-state index in [1.807, 2.05) is 48.5 Å². The van der Waals surface area contributed by atoms with Crippen LogP contribution in [0.5, 0.6) is 11.5 Å². The smallest absolute Gasteiger partial charge is 0.277 e. The number of hydrogen-bond acceptors (Lipinski definition) is 4. The van der Waals surface area contributed by atoms with Gasteiger partial charge >= 0.3 is 0 Å². The van der Waals surface area contributed by atoms with Gasteiger partial charge in [-0.05, 0) is 42.3 Å². The molecule has 0 saturated heterocycles. The molecule has 0 atom stereocenters. The molecule has 0 bridgehead atoms. The zero-order valence-corrected chi connectivity index (χ0v) is 14.9. The number of amides is 1. The molecule has 0 spiro atoms. The Bertz CT molecular complexity index is 710. The van der Waals surface area contributed by atoms with E-state index in [2.05, 4.69) is 17.5 Å². The summed E-state index contributed by atoms with van der Waals surface area (Å²) < 4.78 is 11.0. The number of benzene rings is 2. The SMILES string of the molecule is CCCCOc1ccc(OCC(=O)NN=CC=Cc2ccccc2)cc1. The van der Waals surface area contributed by atoms with Crippen LogP contribution in [0.25, 0.3) is 6.08 Å². The quantitative estimate of drug-likeness (QED) is 0.398. The number of rotatable bonds is 10. The third-order valence-corrected chi connectivity index (χ3v) is 3.40. The number of nitrogens with one attached hydrogen (secondary N) is 1. The fraction of sp³-hybridized carbons (Fsp3) is 0.238. The second-order valence-electron chi connectivity index (χ2n) is 5.55. The van der Waals surface area contributed by atoms with Crippen molar-refractivity contribution in [2.24, 2.45) is 5.10 Å². The van der Waals surface area contributed by atoms with Crippen LogP contribution < -0.4 is 14.9 Å². The van der Waals surface area contributed by atoms with Gasteiger partial charge in [0, 0.05) is 6.21 Å². The lowest BCUT2D eigenvalue weighted by atomic mass is 10.2. The van der Waals surface area contributed by atoms with E-state index in [1.165, 1.54) is 6.21 Å². The summed E-state index contributed by atoms with van der Waals surface area (Å²) in [5.74, 6) is 1.08. The Morgan fingerprint density at radius 2 is 1.73 bits per heavy atom. The lowest BCUT2D eigenvalue weighted by Gasteiger charge is -2.07. The molecule has 0 aliphatic rings. The van der Waals surface area contributed by atoms with Gasteiger partial charge in [-0.3, -0.25) is 4.79 Å². The number of ether oxygens (including phenoxy) is 2. The van der Waals surface area contributed by atoms with Gasteiger partial charge in [-0.1, -0.05) is 49.8 Å². The van der Waals surface area contributed by atoms with E-state index in [0.717, 1.165) is 24.2 Å². The molecule has 1 N–H and O–H groups in total. The van der Waals surface area contributed by atoms with E-state index in [9.17, 15) is 4.79 Å². The molecule has 0 radical (unpaired) electrons. The first-order valence-electron chi connectivity index (χ1n) is 8.67. The second-order valence-corrected chi connectivity index (χ2v) is 5.55. The highest BCUT2D eigenvalue weighted by molar-refractivity contribution is 5.81. The van der Waals surface area contributed by atoms with Crippen molar-refractivity contribution in [2.75, 3.05) is 13.2 Å². The predicted octanol–water partition coefficient (Wildman–Crippen LogP) is 4.06. The third-order valence-electron chi connectivity index (χ3n) is 3.40. The highest BCUT2D eigenvalue weighted by Crippen LogP contribution is 2.17. The average Bonchev–Trinajstić information content (AvgIpc) is 2.68. The second kappa shape index (κ2) is 11.5. The minimum Gasteiger partial charge on any atom is -0.494 e. The van der Waals surface area contributed by atoms with Crippen LogP contribution in [0.2, 0.25) is 0 Å². The average molecular weight is 352 g/mol. The topological polar surface area (TPSA) is 59.9 Å². The number of allylic oxidation sites excluding steroid dienone is 1. The first-order chi connectivity index (χ1) is 12.8. The van der Waals surface area contributed by atoms with E-state index in [0.29, 0.717) is 12.4 Å². The molecule has 5 heteroatoms. The van der Waals surface area contributed by atoms with Crippen molar-refractivity contribution < 1.29 is 14.3 Å². The minimum absolute atomic E-state index is 0.101. The van der Waals surface area contributed by atoms with Crippen LogP contribution in [-0.2, 0) is 4.79 Å². The molecular weight excluding hydrogens is 328 g/mol. The number of carbonyl (C=O) groups is 1. The molecule has 2 rings (SSSR count). The number of hydrazone groups is 1. The van der Waals surface area contributed by atoms with Crippen molar-refractivity contribution in [3.8, 4) is 11.5 Å². The molecule has 0 aromatic heterocycles. The zero-order valence-electron chi connectivity index (χ0n) is 14.9. The summed E-state index contributed by atoms with van der Waals surface area (Å²) in [6.45, 7) is 2.72. The Hall–Kier alpha value is -3.08. The molecule has 0 saturated carbocycles. The normalized spacial score (nSPS) is 11.0. The van der Waals surface area contributed by atoms with Crippen molar-refractivity contribution in [1.82, 2.24) is 5.43 Å². The Morgan fingerprint density at radius 3 is 2.42 bits per heavy atom. The third kappa shape index (κ3) is 7.66. The standard InChI is InChI=1S/C21H24N2O3/c1-2-3-16-25-19-11-13-20(14-12-19)26-17-21(24)23-22-15-7-10-18-8-5-4-6-9-18/h4-15H,2-3,16-17H2,1H3,(H,23,24). The lowest BCUT2D eigenvalue weighted by Crippen LogP contribution is -2.24. The summed E-state index contributed by atoms with van der Waals surface area (Å²) in [4.78, 5) is 11.7. The van der Waals surface area contributed by atoms with Crippen molar-refractivity contribution in [2.45, 2.75) is 19.8 Å². The van der Waals surface area contributed by atoms with Gasteiger partial charge in [-0.25, -0.2) is 5.43 Å². The summed E-state index contributed by atoms with van der Waals surface area (Å²) in [6, 6.07) is 17.1. The lowest BCUT2D eigenvalue weighted by molar-refractivity contribution is -0.123. The predicted molar refractivity (Wildman–Crippen MR) is 104 cm³/mol. The van der Waals surface area contributed by atoms with Crippen LogP contribution in [0.15, 0.2) is 65.8 Å². The summed E-state index contributed by atoms with van der Waals surface area (Å²) in [6.07, 6.45) is 7.30. The van der Waals surface area contributed by atoms with Gasteiger partial charge in [0.25, 0.3) is 5.91 Å². The van der Waals surface area contributed by atoms with E-state index < -0.39 is 0 Å². The highest BCUT2D eigenvalue weighted by atomic mass is 16.5. The Morgan fingerprint density at radius 1 is 1.04 bits per heavy atom. The van der Waals surface area contributed by atoms with Gasteiger partial charge in [-0.15, -0.1) is 0 Å². The highest BCUT2D eigenvalue weighted by Gasteiger charge is 2.01. The molecule has 0 aliphatic heterocycles. The van der Waals surface area contributed by atoms with Gasteiger partial charge in [-0.2, -0.15) is 5.10 Å². The van der Waals surface area contributed by atoms with Gasteiger partial charge < -0.3 is 9.47 Å². The maximum Gasteiger partial charge on any atom is 0.277 e. The van der Waals surface area contributed by atoms with Crippen LogP contribution in [0.4, 0.5) is 0 Å². The summed E-state index contributed by atoms with van der Waals surface area (Å²) in [5, 5.41) is 3.84. The van der Waals surface area contributed by atoms with Gasteiger partial charge in [0.05, 0.1) is 6.61 Å². The van der Waals surface area contributed by atoms with Gasteiger partial charge in [0.1, 0.15) is 11.5 Å². The van der Waals surface area contributed by atoms with E-state index in [1.54, 1.807) is 18.2 Å². The van der Waals surface area contributed by atoms with Crippen LogP contribution in [-0.4, -0.2) is 25.3 Å². The monoisotopic (exact) mass is 352 g/mol. The maximum absolute atomic E-state index is 11.7. The van der Waals surface area contributed by atoms with Crippen molar-refractivity contribution >= 4 is 18.2 Å². The molecule has 5 nitrogen and oxygen atoms in total. The first-order valence-corrected chi connectivity index (χ1v) is 8.67. The van der Waals surface area contributed by atoms with Gasteiger partial charge in [0.15, 0.2) is 6.61 Å². The molecule has 0 aliphatic carbocycles. The molecule has 2 aromatic carbocycles. The van der Waals surface area contributed by atoms with Crippen LogP contribution in [0.1, 0.15) is 25.3 Å². The molecule has 26 heavy (non-hydrogen) atoms.